The molecule has 0 radical (unpaired) electrons. The van der Waals surface area contributed by atoms with Gasteiger partial charge in [-0.05, 0) is 36.3 Å². The molecule has 1 fully saturated rings. The number of aliphatic hydroxyl groups excluding tert-OH is 1. The first-order valence-corrected chi connectivity index (χ1v) is 7.85. The molecule has 1 aliphatic heterocycles. The number of benzene rings is 1. The smallest absolute Gasteiger partial charge is 0.0436 e. The van der Waals surface area contributed by atoms with E-state index in [0.29, 0.717) is 17.9 Å². The average molecular weight is 263 g/mol. The first-order chi connectivity index (χ1) is 8.83. The lowest BCUT2D eigenvalue weighted by molar-refractivity contribution is 0.245. The lowest BCUT2D eigenvalue weighted by Gasteiger charge is -2.17. The number of rotatable bonds is 6. The van der Waals surface area contributed by atoms with Crippen LogP contribution in [0.3, 0.4) is 0 Å². The molecule has 1 atom stereocenters. The minimum atomic E-state index is 0.337. The minimum Gasteiger partial charge on any atom is -0.396 e. The molecule has 1 aromatic carbocycles. The molecule has 0 amide bonds. The highest BCUT2D eigenvalue weighted by Gasteiger charge is 2.41. The Kier molecular flexibility index (Phi) is 3.64. The summed E-state index contributed by atoms with van der Waals surface area (Å²) in [5.74, 6) is 1.87. The third kappa shape index (κ3) is 2.58. The molecular weight excluding hydrogens is 242 g/mol. The van der Waals surface area contributed by atoms with Crippen LogP contribution in [-0.2, 0) is 0 Å². The van der Waals surface area contributed by atoms with Gasteiger partial charge < -0.3 is 10.4 Å². The number of aliphatic hydroxyl groups is 1. The van der Waals surface area contributed by atoms with E-state index in [0.717, 1.165) is 19.5 Å². The molecule has 1 saturated carbocycles. The van der Waals surface area contributed by atoms with Gasteiger partial charge in [-0.15, -0.1) is 11.8 Å². The molecule has 18 heavy (non-hydrogen) atoms. The zero-order valence-corrected chi connectivity index (χ0v) is 11.5. The van der Waals surface area contributed by atoms with Crippen molar-refractivity contribution in [1.29, 1.82) is 0 Å². The van der Waals surface area contributed by atoms with Crippen LogP contribution < -0.4 is 5.32 Å². The van der Waals surface area contributed by atoms with Crippen LogP contribution in [0.25, 0.3) is 0 Å². The van der Waals surface area contributed by atoms with E-state index in [4.69, 9.17) is 5.11 Å². The predicted molar refractivity (Wildman–Crippen MR) is 76.1 cm³/mol. The fourth-order valence-electron chi connectivity index (χ4n) is 2.84. The Morgan fingerprint density at radius 2 is 2.17 bits per heavy atom. The first-order valence-electron chi connectivity index (χ1n) is 6.86. The second-order valence-electron chi connectivity index (χ2n) is 5.65. The molecule has 1 heterocycles. The van der Waals surface area contributed by atoms with Gasteiger partial charge in [0.25, 0.3) is 0 Å². The Balaban J connectivity index is 1.50. The van der Waals surface area contributed by atoms with Gasteiger partial charge in [0.05, 0.1) is 0 Å². The highest BCUT2D eigenvalue weighted by atomic mass is 32.2. The molecule has 1 aromatic rings. The van der Waals surface area contributed by atoms with Gasteiger partial charge in [0, 0.05) is 36.3 Å². The maximum atomic E-state index is 9.05. The van der Waals surface area contributed by atoms with Crippen LogP contribution in [-0.4, -0.2) is 30.6 Å². The van der Waals surface area contributed by atoms with Crippen molar-refractivity contribution >= 4 is 11.8 Å². The van der Waals surface area contributed by atoms with Gasteiger partial charge in [0.15, 0.2) is 0 Å². The van der Waals surface area contributed by atoms with Gasteiger partial charge in [-0.2, -0.15) is 0 Å². The molecule has 0 bridgehead atoms. The lowest BCUT2D eigenvalue weighted by atomic mass is 10.00. The summed E-state index contributed by atoms with van der Waals surface area (Å²) in [5, 5.41) is 12.7. The summed E-state index contributed by atoms with van der Waals surface area (Å²) in [6.07, 6.45) is 3.54. The van der Waals surface area contributed by atoms with Crippen molar-refractivity contribution in [3.63, 3.8) is 0 Å². The summed E-state index contributed by atoms with van der Waals surface area (Å²) in [5.41, 5.74) is 1.95. The van der Waals surface area contributed by atoms with Crippen LogP contribution in [0.1, 0.15) is 30.7 Å². The second-order valence-corrected chi connectivity index (χ2v) is 6.71. The largest absolute Gasteiger partial charge is 0.396 e. The van der Waals surface area contributed by atoms with E-state index in [1.54, 1.807) is 0 Å². The van der Waals surface area contributed by atoms with Crippen molar-refractivity contribution in [2.24, 2.45) is 5.41 Å². The monoisotopic (exact) mass is 263 g/mol. The fourth-order valence-corrected chi connectivity index (χ4v) is 4.09. The van der Waals surface area contributed by atoms with E-state index in [-0.39, 0.29) is 0 Å². The maximum absolute atomic E-state index is 9.05. The Labute approximate surface area is 113 Å². The van der Waals surface area contributed by atoms with E-state index in [1.165, 1.54) is 29.1 Å². The number of hydrogen-bond acceptors (Lipinski definition) is 3. The standard InChI is InChI=1S/C15H21NOS/c17-8-7-15(5-6-15)11-16-9-12-10-18-14-4-2-1-3-13(12)14/h1-4,12,16-17H,5-11H2. The third-order valence-electron chi connectivity index (χ3n) is 4.29. The summed E-state index contributed by atoms with van der Waals surface area (Å²) < 4.78 is 0. The van der Waals surface area contributed by atoms with Crippen LogP contribution in [0.5, 0.6) is 0 Å². The van der Waals surface area contributed by atoms with E-state index in [2.05, 4.69) is 29.6 Å². The molecule has 2 nitrogen and oxygen atoms in total. The van der Waals surface area contributed by atoms with Crippen molar-refractivity contribution in [3.8, 4) is 0 Å². The van der Waals surface area contributed by atoms with Gasteiger partial charge in [-0.1, -0.05) is 18.2 Å². The molecule has 1 aliphatic carbocycles. The molecule has 98 valence electrons. The molecule has 0 spiro atoms. The van der Waals surface area contributed by atoms with Gasteiger partial charge >= 0.3 is 0 Å². The van der Waals surface area contributed by atoms with Crippen LogP contribution in [0.4, 0.5) is 0 Å². The van der Waals surface area contributed by atoms with Crippen LogP contribution in [0.2, 0.25) is 0 Å². The SMILES string of the molecule is OCCC1(CNCC2CSc3ccccc32)CC1. The molecule has 2 N–H and O–H groups in total. The van der Waals surface area contributed by atoms with Gasteiger partial charge in [-0.3, -0.25) is 0 Å². The molecule has 3 heteroatoms. The van der Waals surface area contributed by atoms with Gasteiger partial charge in [0.2, 0.25) is 0 Å². The minimum absolute atomic E-state index is 0.337. The highest BCUT2D eigenvalue weighted by molar-refractivity contribution is 7.99. The summed E-state index contributed by atoms with van der Waals surface area (Å²) in [4.78, 5) is 1.46. The molecule has 2 aliphatic rings. The number of thioether (sulfide) groups is 1. The maximum Gasteiger partial charge on any atom is 0.0436 e. The summed E-state index contributed by atoms with van der Waals surface area (Å²) in [7, 11) is 0. The number of fused-ring (bicyclic) bond motifs is 1. The third-order valence-corrected chi connectivity index (χ3v) is 5.54. The summed E-state index contributed by atoms with van der Waals surface area (Å²) in [6.45, 7) is 2.50. The number of hydrogen-bond donors (Lipinski definition) is 2. The van der Waals surface area contributed by atoms with Gasteiger partial charge in [0.1, 0.15) is 0 Å². The van der Waals surface area contributed by atoms with Crippen molar-refractivity contribution < 1.29 is 5.11 Å². The van der Waals surface area contributed by atoms with Crippen molar-refractivity contribution in [3.05, 3.63) is 29.8 Å². The fraction of sp³-hybridized carbons (Fsp3) is 0.600. The van der Waals surface area contributed by atoms with Crippen LogP contribution in [0.15, 0.2) is 29.2 Å². The molecule has 0 aromatic heterocycles. The van der Waals surface area contributed by atoms with E-state index in [1.807, 2.05) is 11.8 Å². The van der Waals surface area contributed by atoms with Crippen molar-refractivity contribution in [2.75, 3.05) is 25.4 Å². The van der Waals surface area contributed by atoms with Crippen molar-refractivity contribution in [2.45, 2.75) is 30.1 Å². The summed E-state index contributed by atoms with van der Waals surface area (Å²) >= 11 is 1.98. The lowest BCUT2D eigenvalue weighted by Crippen LogP contribution is -2.29. The molecule has 1 unspecified atom stereocenters. The second kappa shape index (κ2) is 5.24. The predicted octanol–water partition coefficient (Wildman–Crippen LogP) is 2.63. The van der Waals surface area contributed by atoms with E-state index >= 15 is 0 Å². The highest BCUT2D eigenvalue weighted by Crippen LogP contribution is 2.48. The van der Waals surface area contributed by atoms with Crippen LogP contribution in [0, 0.1) is 5.41 Å². The molecule has 3 rings (SSSR count). The zero-order chi connectivity index (χ0) is 12.4. The molecular formula is C15H21NOS. The zero-order valence-electron chi connectivity index (χ0n) is 10.7. The quantitative estimate of drug-likeness (QED) is 0.827. The normalized spacial score (nSPS) is 23.9. The van der Waals surface area contributed by atoms with Gasteiger partial charge in [-0.25, -0.2) is 0 Å². The van der Waals surface area contributed by atoms with E-state index in [9.17, 15) is 0 Å². The first kappa shape index (κ1) is 12.5. The number of nitrogens with one attached hydrogen (secondary N) is 1. The van der Waals surface area contributed by atoms with Crippen molar-refractivity contribution in [1.82, 2.24) is 5.32 Å². The Morgan fingerprint density at radius 3 is 2.94 bits per heavy atom. The topological polar surface area (TPSA) is 32.3 Å². The Morgan fingerprint density at radius 1 is 1.33 bits per heavy atom. The molecule has 0 saturated heterocycles. The Bertz CT molecular complexity index is 417. The summed E-state index contributed by atoms with van der Waals surface area (Å²) in [6, 6.07) is 8.77. The van der Waals surface area contributed by atoms with E-state index < -0.39 is 0 Å². The average Bonchev–Trinajstić information content (AvgIpc) is 3.02. The Hall–Kier alpha value is -0.510. The van der Waals surface area contributed by atoms with Crippen LogP contribution >= 0.6 is 11.8 Å².